The first-order valence-corrected chi connectivity index (χ1v) is 7.63. The molecule has 2 nitrogen and oxygen atoms in total. The van der Waals surface area contributed by atoms with E-state index in [0.29, 0.717) is 12.6 Å². The van der Waals surface area contributed by atoms with E-state index in [0.717, 1.165) is 16.8 Å². The molecule has 0 bridgehead atoms. The van der Waals surface area contributed by atoms with Crippen LogP contribution in [0.15, 0.2) is 53.0 Å². The molecule has 20 heavy (non-hydrogen) atoms. The van der Waals surface area contributed by atoms with Gasteiger partial charge in [-0.1, -0.05) is 40.2 Å². The van der Waals surface area contributed by atoms with Crippen LogP contribution in [0.4, 0.5) is 0 Å². The highest BCUT2D eigenvalue weighted by atomic mass is 79.9. The molecule has 2 aromatic rings. The molecule has 1 atom stereocenters. The lowest BCUT2D eigenvalue weighted by Gasteiger charge is -2.15. The maximum absolute atomic E-state index is 5.72. The van der Waals surface area contributed by atoms with Gasteiger partial charge in [-0.05, 0) is 49.2 Å². The van der Waals surface area contributed by atoms with Crippen LogP contribution in [0, 0.1) is 6.92 Å². The molecule has 106 valence electrons. The highest BCUT2D eigenvalue weighted by molar-refractivity contribution is 9.10. The number of aryl methyl sites for hydroxylation is 1. The van der Waals surface area contributed by atoms with Gasteiger partial charge in [0.15, 0.2) is 0 Å². The van der Waals surface area contributed by atoms with Gasteiger partial charge in [0.1, 0.15) is 12.4 Å². The van der Waals surface area contributed by atoms with Gasteiger partial charge < -0.3 is 10.1 Å². The van der Waals surface area contributed by atoms with Gasteiger partial charge in [-0.3, -0.25) is 0 Å². The summed E-state index contributed by atoms with van der Waals surface area (Å²) >= 11 is 3.45. The van der Waals surface area contributed by atoms with E-state index in [4.69, 9.17) is 4.74 Å². The second-order valence-electron chi connectivity index (χ2n) is 4.89. The summed E-state index contributed by atoms with van der Waals surface area (Å²) in [7, 11) is 0. The Morgan fingerprint density at radius 3 is 2.60 bits per heavy atom. The maximum Gasteiger partial charge on any atom is 0.119 e. The molecule has 3 heteroatoms. The van der Waals surface area contributed by atoms with E-state index >= 15 is 0 Å². The van der Waals surface area contributed by atoms with E-state index in [1.54, 1.807) is 0 Å². The Balaban J connectivity index is 1.74. The zero-order valence-corrected chi connectivity index (χ0v) is 13.5. The molecule has 1 N–H and O–H groups in total. The smallest absolute Gasteiger partial charge is 0.119 e. The van der Waals surface area contributed by atoms with E-state index < -0.39 is 0 Å². The summed E-state index contributed by atoms with van der Waals surface area (Å²) in [6.45, 7) is 5.73. The van der Waals surface area contributed by atoms with Crippen LogP contribution in [-0.2, 0) is 0 Å². The van der Waals surface area contributed by atoms with E-state index in [1.807, 2.05) is 12.1 Å². The van der Waals surface area contributed by atoms with E-state index in [-0.39, 0.29) is 0 Å². The van der Waals surface area contributed by atoms with Gasteiger partial charge in [-0.15, -0.1) is 0 Å². The lowest BCUT2D eigenvalue weighted by molar-refractivity contribution is 0.307. The molecule has 0 aliphatic carbocycles. The fourth-order valence-electron chi connectivity index (χ4n) is 2.02. The van der Waals surface area contributed by atoms with Crippen molar-refractivity contribution in [3.8, 4) is 5.75 Å². The molecule has 0 aliphatic rings. The molecule has 0 spiro atoms. The third-order valence-electron chi connectivity index (χ3n) is 3.18. The van der Waals surface area contributed by atoms with Gasteiger partial charge >= 0.3 is 0 Å². The number of halogens is 1. The van der Waals surface area contributed by atoms with Crippen LogP contribution < -0.4 is 10.1 Å². The topological polar surface area (TPSA) is 21.3 Å². The van der Waals surface area contributed by atoms with Crippen molar-refractivity contribution in [3.05, 3.63) is 64.1 Å². The molecular weight excluding hydrogens is 314 g/mol. The Kier molecular flexibility index (Phi) is 5.62. The number of rotatable bonds is 6. The third-order valence-corrected chi connectivity index (χ3v) is 3.71. The SMILES string of the molecule is Cc1cccc(OCCNC(C)c2ccc(Br)cc2)c1. The minimum atomic E-state index is 0.323. The van der Waals surface area contributed by atoms with Gasteiger partial charge in [0.25, 0.3) is 0 Å². The van der Waals surface area contributed by atoms with Gasteiger partial charge in [0, 0.05) is 17.1 Å². The molecule has 0 aliphatic heterocycles. The van der Waals surface area contributed by atoms with Gasteiger partial charge in [0.2, 0.25) is 0 Å². The van der Waals surface area contributed by atoms with Crippen LogP contribution in [0.25, 0.3) is 0 Å². The monoisotopic (exact) mass is 333 g/mol. The normalized spacial score (nSPS) is 12.2. The van der Waals surface area contributed by atoms with Crippen LogP contribution >= 0.6 is 15.9 Å². The zero-order chi connectivity index (χ0) is 14.4. The van der Waals surface area contributed by atoms with Crippen LogP contribution in [0.3, 0.4) is 0 Å². The molecule has 0 radical (unpaired) electrons. The predicted octanol–water partition coefficient (Wildman–Crippen LogP) is 4.49. The number of ether oxygens (including phenoxy) is 1. The Bertz CT molecular complexity index is 539. The van der Waals surface area contributed by atoms with Crippen molar-refractivity contribution in [1.82, 2.24) is 5.32 Å². The first-order valence-electron chi connectivity index (χ1n) is 6.83. The maximum atomic E-state index is 5.72. The molecule has 2 rings (SSSR count). The lowest BCUT2D eigenvalue weighted by Crippen LogP contribution is -2.24. The van der Waals surface area contributed by atoms with Crippen molar-refractivity contribution >= 4 is 15.9 Å². The summed E-state index contributed by atoms with van der Waals surface area (Å²) < 4.78 is 6.83. The van der Waals surface area contributed by atoms with Crippen LogP contribution in [0.2, 0.25) is 0 Å². The molecule has 0 fully saturated rings. The summed E-state index contributed by atoms with van der Waals surface area (Å²) in [5, 5.41) is 3.46. The second kappa shape index (κ2) is 7.46. The molecule has 0 saturated carbocycles. The first-order chi connectivity index (χ1) is 9.65. The van der Waals surface area contributed by atoms with Crippen LogP contribution in [0.5, 0.6) is 5.75 Å². The fourth-order valence-corrected chi connectivity index (χ4v) is 2.28. The van der Waals surface area contributed by atoms with E-state index in [1.165, 1.54) is 11.1 Å². The van der Waals surface area contributed by atoms with Gasteiger partial charge in [-0.2, -0.15) is 0 Å². The first kappa shape index (κ1) is 15.1. The molecule has 2 aromatic carbocycles. The summed E-state index contributed by atoms with van der Waals surface area (Å²) in [5.41, 5.74) is 2.50. The molecule has 0 saturated heterocycles. The molecular formula is C17H20BrNO. The largest absolute Gasteiger partial charge is 0.492 e. The Morgan fingerprint density at radius 2 is 1.90 bits per heavy atom. The standard InChI is InChI=1S/C17H20BrNO/c1-13-4-3-5-17(12-13)20-11-10-19-14(2)15-6-8-16(18)9-7-15/h3-9,12,14,19H,10-11H2,1-2H3. The van der Waals surface area contributed by atoms with Crippen molar-refractivity contribution < 1.29 is 4.74 Å². The van der Waals surface area contributed by atoms with E-state index in [9.17, 15) is 0 Å². The predicted molar refractivity (Wildman–Crippen MR) is 87.2 cm³/mol. The number of benzene rings is 2. The average molecular weight is 334 g/mol. The van der Waals surface area contributed by atoms with Crippen LogP contribution in [-0.4, -0.2) is 13.2 Å². The quantitative estimate of drug-likeness (QED) is 0.786. The second-order valence-corrected chi connectivity index (χ2v) is 5.81. The lowest BCUT2D eigenvalue weighted by atomic mass is 10.1. The third kappa shape index (κ3) is 4.66. The highest BCUT2D eigenvalue weighted by Gasteiger charge is 2.04. The van der Waals surface area contributed by atoms with Crippen LogP contribution in [0.1, 0.15) is 24.1 Å². The fraction of sp³-hybridized carbons (Fsp3) is 0.294. The zero-order valence-electron chi connectivity index (χ0n) is 11.9. The Hall–Kier alpha value is -1.32. The highest BCUT2D eigenvalue weighted by Crippen LogP contribution is 2.16. The van der Waals surface area contributed by atoms with E-state index in [2.05, 4.69) is 71.5 Å². The summed E-state index contributed by atoms with van der Waals surface area (Å²) in [4.78, 5) is 0. The summed E-state index contributed by atoms with van der Waals surface area (Å²) in [6.07, 6.45) is 0. The number of hydrogen-bond donors (Lipinski definition) is 1. The van der Waals surface area contributed by atoms with Gasteiger partial charge in [0.05, 0.1) is 0 Å². The number of hydrogen-bond acceptors (Lipinski definition) is 2. The molecule has 0 heterocycles. The molecule has 1 unspecified atom stereocenters. The minimum absolute atomic E-state index is 0.323. The van der Waals surface area contributed by atoms with Crippen molar-refractivity contribution in [1.29, 1.82) is 0 Å². The minimum Gasteiger partial charge on any atom is -0.492 e. The van der Waals surface area contributed by atoms with Crippen molar-refractivity contribution in [2.45, 2.75) is 19.9 Å². The van der Waals surface area contributed by atoms with Crippen molar-refractivity contribution in [2.24, 2.45) is 0 Å². The number of nitrogens with one attached hydrogen (secondary N) is 1. The molecule has 0 amide bonds. The van der Waals surface area contributed by atoms with Gasteiger partial charge in [-0.25, -0.2) is 0 Å². The Labute approximate surface area is 129 Å². The molecule has 0 aromatic heterocycles. The summed E-state index contributed by atoms with van der Waals surface area (Å²) in [5.74, 6) is 0.933. The average Bonchev–Trinajstić information content (AvgIpc) is 2.44. The Morgan fingerprint density at radius 1 is 1.15 bits per heavy atom. The van der Waals surface area contributed by atoms with Crippen molar-refractivity contribution in [3.63, 3.8) is 0 Å². The summed E-state index contributed by atoms with van der Waals surface area (Å²) in [6, 6.07) is 16.8. The van der Waals surface area contributed by atoms with Crippen molar-refractivity contribution in [2.75, 3.05) is 13.2 Å².